The molecule has 9 heteroatoms. The number of urea groups is 1. The van der Waals surface area contributed by atoms with E-state index in [1.165, 1.54) is 0 Å². The number of rotatable bonds is 9. The number of nitrogens with one attached hydrogen (secondary N) is 1. The lowest BCUT2D eigenvalue weighted by molar-refractivity contribution is 0.176. The van der Waals surface area contributed by atoms with Crippen molar-refractivity contribution in [3.05, 3.63) is 71.4 Å². The van der Waals surface area contributed by atoms with Crippen molar-refractivity contribution in [3.63, 3.8) is 0 Å². The first-order chi connectivity index (χ1) is 16.3. The maximum Gasteiger partial charge on any atom is 0.318 e. The lowest BCUT2D eigenvalue weighted by atomic mass is 10.1. The van der Waals surface area contributed by atoms with Gasteiger partial charge in [0.25, 0.3) is 0 Å². The molecule has 35 heavy (non-hydrogen) atoms. The maximum absolute atomic E-state index is 13.4. The number of imidazole rings is 1. The van der Waals surface area contributed by atoms with Gasteiger partial charge in [-0.05, 0) is 51.3 Å². The van der Waals surface area contributed by atoms with Crippen LogP contribution in [0.5, 0.6) is 0 Å². The van der Waals surface area contributed by atoms with Crippen LogP contribution in [0.4, 0.5) is 4.79 Å². The van der Waals surface area contributed by atoms with Crippen molar-refractivity contribution in [3.8, 4) is 0 Å². The molecule has 0 bridgehead atoms. The minimum absolute atomic E-state index is 0.0249. The molecule has 1 N–H and O–H groups in total. The van der Waals surface area contributed by atoms with Crippen molar-refractivity contribution in [1.82, 2.24) is 19.8 Å². The standard InChI is InChI=1S/C26H36N4O4S/c1-19(2)15-30-22(14-27-25(30)35(32,33)18-21-10-7-9-20(3)13-21)16-29(17-23-11-8-12-34-23)24(31)28-26(4,5)6/h7-14,19H,15-18H2,1-6H3,(H,28,31). The summed E-state index contributed by atoms with van der Waals surface area (Å²) in [5.41, 5.74) is 1.94. The predicted molar refractivity (Wildman–Crippen MR) is 135 cm³/mol. The molecule has 3 rings (SSSR count). The molecule has 2 amide bonds. The zero-order valence-corrected chi connectivity index (χ0v) is 22.2. The monoisotopic (exact) mass is 500 g/mol. The van der Waals surface area contributed by atoms with Crippen LogP contribution >= 0.6 is 0 Å². The van der Waals surface area contributed by atoms with E-state index in [9.17, 15) is 13.2 Å². The number of amides is 2. The number of sulfone groups is 1. The maximum atomic E-state index is 13.4. The third-order valence-corrected chi connectivity index (χ3v) is 6.81. The number of carbonyl (C=O) groups is 1. The molecule has 2 aromatic heterocycles. The van der Waals surface area contributed by atoms with Gasteiger partial charge in [-0.2, -0.15) is 0 Å². The average Bonchev–Trinajstić information content (AvgIpc) is 3.36. The summed E-state index contributed by atoms with van der Waals surface area (Å²) in [5, 5.41) is 3.01. The minimum atomic E-state index is -3.71. The quantitative estimate of drug-likeness (QED) is 0.450. The molecule has 0 spiro atoms. The van der Waals surface area contributed by atoms with Gasteiger partial charge in [-0.3, -0.25) is 0 Å². The van der Waals surface area contributed by atoms with E-state index in [0.29, 0.717) is 18.0 Å². The predicted octanol–water partition coefficient (Wildman–Crippen LogP) is 4.92. The van der Waals surface area contributed by atoms with Gasteiger partial charge >= 0.3 is 6.03 Å². The Hall–Kier alpha value is -3.07. The summed E-state index contributed by atoms with van der Waals surface area (Å²) in [7, 11) is -3.71. The molecule has 0 aliphatic carbocycles. The molecule has 0 aliphatic rings. The zero-order chi connectivity index (χ0) is 25.8. The number of aryl methyl sites for hydroxylation is 1. The Morgan fingerprint density at radius 2 is 1.91 bits per heavy atom. The van der Waals surface area contributed by atoms with Crippen LogP contribution in [0.15, 0.2) is 58.4 Å². The van der Waals surface area contributed by atoms with Crippen molar-refractivity contribution in [1.29, 1.82) is 0 Å². The summed E-state index contributed by atoms with van der Waals surface area (Å²) in [5.74, 6) is 0.679. The van der Waals surface area contributed by atoms with Gasteiger partial charge in [0.15, 0.2) is 0 Å². The Morgan fingerprint density at radius 1 is 1.17 bits per heavy atom. The molecule has 0 unspecified atom stereocenters. The fourth-order valence-corrected chi connectivity index (χ4v) is 5.29. The van der Waals surface area contributed by atoms with E-state index in [-0.39, 0.29) is 35.9 Å². The number of carbonyl (C=O) groups excluding carboxylic acids is 1. The van der Waals surface area contributed by atoms with E-state index < -0.39 is 15.4 Å². The number of aromatic nitrogens is 2. The second-order valence-electron chi connectivity index (χ2n) is 10.4. The molecule has 8 nitrogen and oxygen atoms in total. The minimum Gasteiger partial charge on any atom is -0.467 e. The summed E-state index contributed by atoms with van der Waals surface area (Å²) in [6, 6.07) is 10.8. The topological polar surface area (TPSA) is 97.4 Å². The zero-order valence-electron chi connectivity index (χ0n) is 21.4. The van der Waals surface area contributed by atoms with Crippen molar-refractivity contribution in [2.24, 2.45) is 5.92 Å². The Kier molecular flexibility index (Phi) is 8.10. The third-order valence-electron chi connectivity index (χ3n) is 5.22. The van der Waals surface area contributed by atoms with Crippen LogP contribution < -0.4 is 5.32 Å². The smallest absolute Gasteiger partial charge is 0.318 e. The first kappa shape index (κ1) is 26.5. The van der Waals surface area contributed by atoms with Gasteiger partial charge in [-0.1, -0.05) is 43.7 Å². The number of hydrogen-bond acceptors (Lipinski definition) is 5. The number of furan rings is 1. The second-order valence-corrected chi connectivity index (χ2v) is 12.3. The largest absolute Gasteiger partial charge is 0.467 e. The average molecular weight is 501 g/mol. The summed E-state index contributed by atoms with van der Waals surface area (Å²) in [6.45, 7) is 12.6. The highest BCUT2D eigenvalue weighted by Crippen LogP contribution is 2.22. The summed E-state index contributed by atoms with van der Waals surface area (Å²) >= 11 is 0. The van der Waals surface area contributed by atoms with Gasteiger partial charge in [-0.15, -0.1) is 0 Å². The SMILES string of the molecule is Cc1cccc(CS(=O)(=O)c2ncc(CN(Cc3ccco3)C(=O)NC(C)(C)C)n2CC(C)C)c1. The molecular formula is C26H36N4O4S. The van der Waals surface area contributed by atoms with Crippen LogP contribution in [-0.2, 0) is 35.2 Å². The van der Waals surface area contributed by atoms with Gasteiger partial charge in [0, 0.05) is 12.1 Å². The normalized spacial score (nSPS) is 12.2. The van der Waals surface area contributed by atoms with Crippen LogP contribution in [0.1, 0.15) is 57.2 Å². The highest BCUT2D eigenvalue weighted by Gasteiger charge is 2.27. The number of nitrogens with zero attached hydrogens (tertiary/aromatic N) is 3. The van der Waals surface area contributed by atoms with Gasteiger partial charge in [0.2, 0.25) is 15.0 Å². The van der Waals surface area contributed by atoms with E-state index >= 15 is 0 Å². The Morgan fingerprint density at radius 3 is 2.51 bits per heavy atom. The summed E-state index contributed by atoms with van der Waals surface area (Å²) < 4.78 is 34.0. The van der Waals surface area contributed by atoms with Crippen molar-refractivity contribution in [2.75, 3.05) is 0 Å². The highest BCUT2D eigenvalue weighted by atomic mass is 32.2. The van der Waals surface area contributed by atoms with Crippen LogP contribution in [0.2, 0.25) is 0 Å². The molecule has 0 fully saturated rings. The van der Waals surface area contributed by atoms with E-state index in [0.717, 1.165) is 11.1 Å². The fraction of sp³-hybridized carbons (Fsp3) is 0.462. The van der Waals surface area contributed by atoms with Crippen LogP contribution in [0.25, 0.3) is 0 Å². The second kappa shape index (κ2) is 10.7. The molecule has 190 valence electrons. The van der Waals surface area contributed by atoms with Gasteiger partial charge in [0.1, 0.15) is 5.76 Å². The molecule has 0 aliphatic heterocycles. The molecule has 0 saturated carbocycles. The number of benzene rings is 1. The van der Waals surface area contributed by atoms with Crippen molar-refractivity contribution < 1.29 is 17.6 Å². The van der Waals surface area contributed by atoms with Crippen molar-refractivity contribution >= 4 is 15.9 Å². The Bertz CT molecular complexity index is 1240. The van der Waals surface area contributed by atoms with E-state index in [2.05, 4.69) is 10.3 Å². The molecule has 0 saturated heterocycles. The molecule has 2 heterocycles. The Labute approximate surface area is 208 Å². The van der Waals surface area contributed by atoms with Gasteiger partial charge in [0.05, 0.1) is 37.0 Å². The van der Waals surface area contributed by atoms with E-state index in [4.69, 9.17) is 4.42 Å². The first-order valence-corrected chi connectivity index (χ1v) is 13.4. The van der Waals surface area contributed by atoms with E-state index in [1.807, 2.05) is 65.8 Å². The van der Waals surface area contributed by atoms with Crippen LogP contribution in [0, 0.1) is 12.8 Å². The molecule has 3 aromatic rings. The van der Waals surface area contributed by atoms with Gasteiger partial charge in [-0.25, -0.2) is 18.2 Å². The first-order valence-electron chi connectivity index (χ1n) is 11.8. The summed E-state index contributed by atoms with van der Waals surface area (Å²) in [4.78, 5) is 19.1. The van der Waals surface area contributed by atoms with Crippen LogP contribution in [0.3, 0.4) is 0 Å². The molecule has 0 atom stereocenters. The van der Waals surface area contributed by atoms with Crippen LogP contribution in [-0.4, -0.2) is 34.4 Å². The van der Waals surface area contributed by atoms with Gasteiger partial charge < -0.3 is 19.2 Å². The lowest BCUT2D eigenvalue weighted by Gasteiger charge is -2.28. The third kappa shape index (κ3) is 7.45. The number of hydrogen-bond donors (Lipinski definition) is 1. The Balaban J connectivity index is 1.95. The summed E-state index contributed by atoms with van der Waals surface area (Å²) in [6.07, 6.45) is 3.12. The van der Waals surface area contributed by atoms with Crippen molar-refractivity contribution in [2.45, 2.75) is 77.6 Å². The molecule has 0 radical (unpaired) electrons. The molecular weight excluding hydrogens is 464 g/mol. The highest BCUT2D eigenvalue weighted by molar-refractivity contribution is 7.90. The lowest BCUT2D eigenvalue weighted by Crippen LogP contribution is -2.48. The van der Waals surface area contributed by atoms with E-state index in [1.54, 1.807) is 34.1 Å². The fourth-order valence-electron chi connectivity index (χ4n) is 3.80. The molecule has 1 aromatic carbocycles.